The van der Waals surface area contributed by atoms with Gasteiger partial charge in [-0.05, 0) is 30.4 Å². The molecule has 0 spiro atoms. The molecule has 0 aromatic carbocycles. The van der Waals surface area contributed by atoms with Crippen molar-refractivity contribution in [2.75, 3.05) is 18.9 Å². The van der Waals surface area contributed by atoms with Gasteiger partial charge in [0.25, 0.3) is 0 Å². The van der Waals surface area contributed by atoms with Crippen LogP contribution in [0.15, 0.2) is 18.3 Å². The molecule has 10 heteroatoms. The van der Waals surface area contributed by atoms with Crippen molar-refractivity contribution in [1.82, 2.24) is 20.9 Å². The second-order valence-electron chi connectivity index (χ2n) is 9.20. The van der Waals surface area contributed by atoms with Crippen molar-refractivity contribution in [2.24, 2.45) is 5.92 Å². The van der Waals surface area contributed by atoms with E-state index in [1.807, 2.05) is 13.8 Å². The first-order valence-corrected chi connectivity index (χ1v) is 12.1. The van der Waals surface area contributed by atoms with Gasteiger partial charge in [-0.25, -0.2) is 14.6 Å². The van der Waals surface area contributed by atoms with E-state index in [9.17, 15) is 19.5 Å². The average molecular weight is 478 g/mol. The molecule has 0 saturated carbocycles. The van der Waals surface area contributed by atoms with E-state index in [0.29, 0.717) is 31.0 Å². The van der Waals surface area contributed by atoms with Gasteiger partial charge >= 0.3 is 12.0 Å². The van der Waals surface area contributed by atoms with Gasteiger partial charge in [0.1, 0.15) is 17.9 Å². The van der Waals surface area contributed by atoms with Crippen molar-refractivity contribution in [1.29, 1.82) is 0 Å². The van der Waals surface area contributed by atoms with Crippen LogP contribution in [0.3, 0.4) is 0 Å². The fourth-order valence-electron chi connectivity index (χ4n) is 3.77. The van der Waals surface area contributed by atoms with Gasteiger partial charge in [0.2, 0.25) is 5.91 Å². The maximum atomic E-state index is 13.0. The van der Waals surface area contributed by atoms with Crippen LogP contribution in [0.25, 0.3) is 0 Å². The lowest BCUT2D eigenvalue weighted by Crippen LogP contribution is -2.56. The number of aromatic nitrogens is 1. The number of hydrogen-bond acceptors (Lipinski definition) is 6. The summed E-state index contributed by atoms with van der Waals surface area (Å²) in [6, 6.07) is 0.419. The number of hydrogen-bond donors (Lipinski definition) is 5. The highest BCUT2D eigenvalue weighted by atomic mass is 16.5. The van der Waals surface area contributed by atoms with Gasteiger partial charge in [-0.3, -0.25) is 4.79 Å². The van der Waals surface area contributed by atoms with Crippen LogP contribution in [0.5, 0.6) is 0 Å². The molecule has 3 atom stereocenters. The number of ether oxygens (including phenoxy) is 1. The molecular weight excluding hydrogens is 438 g/mol. The molecule has 1 aromatic rings. The molecule has 34 heavy (non-hydrogen) atoms. The molecule has 2 rings (SSSR count). The quantitative estimate of drug-likeness (QED) is 0.421. The minimum Gasteiger partial charge on any atom is -0.480 e. The number of carbonyl (C=O) groups is 3. The Morgan fingerprint density at radius 1 is 1.21 bits per heavy atom. The first-order chi connectivity index (χ1) is 16.3. The minimum absolute atomic E-state index is 0.0413. The molecule has 6 N–H and O–H groups in total. The van der Waals surface area contributed by atoms with Gasteiger partial charge in [0, 0.05) is 19.2 Å². The second-order valence-corrected chi connectivity index (χ2v) is 9.20. The molecule has 2 heterocycles. The molecule has 1 aliphatic heterocycles. The number of aliphatic carboxylic acids is 1. The summed E-state index contributed by atoms with van der Waals surface area (Å²) in [6.07, 6.45) is 8.05. The lowest BCUT2D eigenvalue weighted by atomic mass is 10.0. The van der Waals surface area contributed by atoms with Crippen molar-refractivity contribution in [3.05, 3.63) is 23.9 Å². The molecule has 1 aliphatic rings. The van der Waals surface area contributed by atoms with Crippen LogP contribution < -0.4 is 21.7 Å². The van der Waals surface area contributed by atoms with Crippen LogP contribution in [0.1, 0.15) is 64.4 Å². The first kappa shape index (κ1) is 27.4. The fraction of sp³-hybridized carbons (Fsp3) is 0.667. The Balaban J connectivity index is 2.03. The lowest BCUT2D eigenvalue weighted by Gasteiger charge is -2.26. The molecule has 1 fully saturated rings. The van der Waals surface area contributed by atoms with E-state index in [2.05, 4.69) is 20.9 Å². The number of carbonyl (C=O) groups excluding carboxylic acids is 2. The van der Waals surface area contributed by atoms with Crippen molar-refractivity contribution in [3.63, 3.8) is 0 Å². The van der Waals surface area contributed by atoms with Gasteiger partial charge in [0.05, 0.1) is 12.6 Å². The third-order valence-corrected chi connectivity index (χ3v) is 5.97. The zero-order valence-electron chi connectivity index (χ0n) is 20.2. The van der Waals surface area contributed by atoms with E-state index < -0.39 is 24.1 Å². The summed E-state index contributed by atoms with van der Waals surface area (Å²) in [5.41, 5.74) is 6.19. The molecule has 10 nitrogen and oxygen atoms in total. The molecule has 0 radical (unpaired) electrons. The number of nitrogens with zero attached hydrogens (tertiary/aromatic N) is 1. The maximum Gasteiger partial charge on any atom is 0.326 e. The number of urea groups is 1. The van der Waals surface area contributed by atoms with Gasteiger partial charge in [-0.2, -0.15) is 0 Å². The summed E-state index contributed by atoms with van der Waals surface area (Å²) < 4.78 is 5.77. The number of nitrogens with two attached hydrogens (primary N) is 1. The van der Waals surface area contributed by atoms with E-state index in [1.165, 1.54) is 6.20 Å². The highest BCUT2D eigenvalue weighted by molar-refractivity contribution is 5.89. The molecule has 3 amide bonds. The average Bonchev–Trinajstić information content (AvgIpc) is 2.78. The Bertz CT molecular complexity index is 786. The number of anilines is 1. The number of nitrogens with one attached hydrogen (secondary N) is 3. The fourth-order valence-corrected chi connectivity index (χ4v) is 3.77. The number of carboxylic acids is 1. The number of pyridine rings is 1. The summed E-state index contributed by atoms with van der Waals surface area (Å²) in [5.74, 6) is -0.980. The largest absolute Gasteiger partial charge is 0.480 e. The molecule has 1 saturated heterocycles. The van der Waals surface area contributed by atoms with Crippen LogP contribution >= 0.6 is 0 Å². The Kier molecular flexibility index (Phi) is 11.6. The highest BCUT2D eigenvalue weighted by Crippen LogP contribution is 2.12. The molecule has 1 aromatic heterocycles. The van der Waals surface area contributed by atoms with Gasteiger partial charge < -0.3 is 31.5 Å². The van der Waals surface area contributed by atoms with E-state index in [0.717, 1.165) is 38.5 Å². The van der Waals surface area contributed by atoms with Crippen LogP contribution in [0.2, 0.25) is 0 Å². The lowest BCUT2D eigenvalue weighted by molar-refractivity contribution is -0.139. The summed E-state index contributed by atoms with van der Waals surface area (Å²) in [5, 5.41) is 17.7. The normalized spacial score (nSPS) is 21.7. The zero-order chi connectivity index (χ0) is 24.9. The van der Waals surface area contributed by atoms with E-state index in [-0.39, 0.29) is 24.3 Å². The Labute approximate surface area is 201 Å². The van der Waals surface area contributed by atoms with Crippen molar-refractivity contribution < 1.29 is 24.2 Å². The van der Waals surface area contributed by atoms with Gasteiger partial charge in [-0.1, -0.05) is 52.0 Å². The Morgan fingerprint density at radius 2 is 1.91 bits per heavy atom. The van der Waals surface area contributed by atoms with Crippen LogP contribution in [-0.4, -0.2) is 59.3 Å². The zero-order valence-corrected chi connectivity index (χ0v) is 20.2. The van der Waals surface area contributed by atoms with Crippen LogP contribution in [-0.2, 0) is 20.7 Å². The number of carboxylic acid groups (broad SMARTS) is 1. The smallest absolute Gasteiger partial charge is 0.326 e. The summed E-state index contributed by atoms with van der Waals surface area (Å²) in [7, 11) is 0. The highest BCUT2D eigenvalue weighted by Gasteiger charge is 2.27. The first-order valence-electron chi connectivity index (χ1n) is 12.1. The van der Waals surface area contributed by atoms with Crippen LogP contribution in [0.4, 0.5) is 10.6 Å². The third-order valence-electron chi connectivity index (χ3n) is 5.97. The summed E-state index contributed by atoms with van der Waals surface area (Å²) in [4.78, 5) is 41.4. The van der Waals surface area contributed by atoms with Crippen LogP contribution in [0, 0.1) is 5.92 Å². The number of nitrogen functional groups attached to an aromatic ring is 1. The second kappa shape index (κ2) is 14.4. The van der Waals surface area contributed by atoms with E-state index in [4.69, 9.17) is 10.5 Å². The number of amides is 3. The van der Waals surface area contributed by atoms with Gasteiger partial charge in [-0.15, -0.1) is 0 Å². The van der Waals surface area contributed by atoms with Crippen molar-refractivity contribution >= 4 is 23.7 Å². The predicted molar refractivity (Wildman–Crippen MR) is 129 cm³/mol. The predicted octanol–water partition coefficient (Wildman–Crippen LogP) is 2.23. The minimum atomic E-state index is -1.18. The van der Waals surface area contributed by atoms with Crippen molar-refractivity contribution in [2.45, 2.75) is 83.3 Å². The van der Waals surface area contributed by atoms with Gasteiger partial charge in [0.15, 0.2) is 0 Å². The van der Waals surface area contributed by atoms with E-state index >= 15 is 0 Å². The SMILES string of the molecule is CC(C)[C@H]1COCCCCCCCC[C@@H](NC(=O)NC(Cc2ccc(N)nc2)C(=O)O)C(=O)N1. The summed E-state index contributed by atoms with van der Waals surface area (Å²) in [6.45, 7) is 5.11. The molecular formula is C24H39N5O5. The molecule has 190 valence electrons. The topological polar surface area (TPSA) is 156 Å². The van der Waals surface area contributed by atoms with E-state index in [1.54, 1.807) is 12.1 Å². The summed E-state index contributed by atoms with van der Waals surface area (Å²) >= 11 is 0. The third kappa shape index (κ3) is 9.94. The Morgan fingerprint density at radius 3 is 2.56 bits per heavy atom. The monoisotopic (exact) mass is 477 g/mol. The molecule has 0 aliphatic carbocycles. The standard InChI is InChI=1S/C24H39N5O5/c1-16(2)20-15-34-12-8-6-4-3-5-7-9-18(22(30)27-20)28-24(33)29-19(23(31)32)13-17-10-11-21(25)26-14-17/h10-11,14,16,18-20H,3-9,12-13,15H2,1-2H3,(H2,25,26)(H,27,30)(H,31,32)(H2,28,29,33)/t18-,19?,20-/m1/s1. The molecule has 0 bridgehead atoms. The van der Waals surface area contributed by atoms with Crippen molar-refractivity contribution in [3.8, 4) is 0 Å². The maximum absolute atomic E-state index is 13.0. The Hall–Kier alpha value is -2.88. The molecule has 1 unspecified atom stereocenters. The number of rotatable bonds is 6.